The second kappa shape index (κ2) is 9.97. The van der Waals surface area contributed by atoms with Gasteiger partial charge in [-0.05, 0) is 38.3 Å². The van der Waals surface area contributed by atoms with E-state index in [2.05, 4.69) is 36.2 Å². The van der Waals surface area contributed by atoms with E-state index in [0.29, 0.717) is 13.1 Å². The van der Waals surface area contributed by atoms with Gasteiger partial charge in [0.1, 0.15) is 5.75 Å². The lowest BCUT2D eigenvalue weighted by Crippen LogP contribution is -2.40. The predicted molar refractivity (Wildman–Crippen MR) is 105 cm³/mol. The van der Waals surface area contributed by atoms with E-state index in [0.717, 1.165) is 37.6 Å². The fraction of sp³-hybridized carbons (Fsp3) is 0.588. The number of methoxy groups -OCH3 is 1. The van der Waals surface area contributed by atoms with E-state index in [1.165, 1.54) is 11.1 Å². The van der Waals surface area contributed by atoms with Gasteiger partial charge in [0.05, 0.1) is 13.2 Å². The van der Waals surface area contributed by atoms with Crippen LogP contribution in [0.1, 0.15) is 24.5 Å². The number of rotatable bonds is 5. The van der Waals surface area contributed by atoms with Gasteiger partial charge in [0, 0.05) is 26.2 Å². The topological polar surface area (TPSA) is 57.1 Å². The summed E-state index contributed by atoms with van der Waals surface area (Å²) in [6.07, 6.45) is 1.42. The van der Waals surface area contributed by atoms with Crippen molar-refractivity contribution in [3.05, 3.63) is 29.3 Å². The molecule has 2 rings (SSSR count). The Morgan fingerprint density at radius 1 is 1.48 bits per heavy atom. The molecule has 1 fully saturated rings. The van der Waals surface area contributed by atoms with Gasteiger partial charge in [-0.25, -0.2) is 0 Å². The minimum atomic E-state index is -0.235. The number of β-amino-alcohol motifs (C(OH)–C–C–N with tert-alkyl or cyclic N) is 1. The molecule has 0 unspecified atom stereocenters. The van der Waals surface area contributed by atoms with E-state index < -0.39 is 0 Å². The first-order valence-corrected chi connectivity index (χ1v) is 7.99. The monoisotopic (exact) mass is 433 g/mol. The summed E-state index contributed by atoms with van der Waals surface area (Å²) in [5.74, 6) is 1.81. The highest BCUT2D eigenvalue weighted by Gasteiger charge is 2.22. The molecule has 0 aromatic heterocycles. The molecule has 6 heteroatoms. The van der Waals surface area contributed by atoms with E-state index in [-0.39, 0.29) is 30.1 Å². The Labute approximate surface area is 156 Å². The lowest BCUT2D eigenvalue weighted by atomic mass is 10.1. The van der Waals surface area contributed by atoms with Crippen LogP contribution in [0.5, 0.6) is 5.75 Å². The number of guanidine groups is 1. The molecule has 0 amide bonds. The van der Waals surface area contributed by atoms with Crippen LogP contribution in [0.25, 0.3) is 0 Å². The van der Waals surface area contributed by atoms with Gasteiger partial charge < -0.3 is 20.1 Å². The molecule has 23 heavy (non-hydrogen) atoms. The van der Waals surface area contributed by atoms with Crippen LogP contribution < -0.4 is 10.1 Å². The van der Waals surface area contributed by atoms with Crippen LogP contribution in [-0.4, -0.2) is 55.4 Å². The Morgan fingerprint density at radius 2 is 2.26 bits per heavy atom. The van der Waals surface area contributed by atoms with Crippen LogP contribution in [0.15, 0.2) is 23.2 Å². The van der Waals surface area contributed by atoms with E-state index >= 15 is 0 Å². The van der Waals surface area contributed by atoms with Gasteiger partial charge in [-0.2, -0.15) is 0 Å². The third-order valence-electron chi connectivity index (χ3n) is 3.88. The molecule has 1 aromatic rings. The highest BCUT2D eigenvalue weighted by Crippen LogP contribution is 2.20. The molecule has 1 aliphatic heterocycles. The highest BCUT2D eigenvalue weighted by atomic mass is 127. The Bertz CT molecular complexity index is 523. The second-order valence-electron chi connectivity index (χ2n) is 5.69. The number of benzene rings is 1. The maximum absolute atomic E-state index is 9.68. The first-order valence-electron chi connectivity index (χ1n) is 7.99. The molecule has 0 aliphatic carbocycles. The highest BCUT2D eigenvalue weighted by molar-refractivity contribution is 14.0. The average Bonchev–Trinajstić information content (AvgIpc) is 2.93. The van der Waals surface area contributed by atoms with Crippen molar-refractivity contribution in [3.63, 3.8) is 0 Å². The molecule has 0 bridgehead atoms. The van der Waals surface area contributed by atoms with Crippen molar-refractivity contribution in [2.24, 2.45) is 4.99 Å². The number of likely N-dealkylation sites (tertiary alicyclic amines) is 1. The summed E-state index contributed by atoms with van der Waals surface area (Å²) in [6, 6.07) is 6.22. The third-order valence-corrected chi connectivity index (χ3v) is 3.88. The molecule has 0 radical (unpaired) electrons. The number of nitrogens with one attached hydrogen (secondary N) is 1. The summed E-state index contributed by atoms with van der Waals surface area (Å²) in [5, 5.41) is 13.0. The van der Waals surface area contributed by atoms with Crippen LogP contribution in [0, 0.1) is 6.92 Å². The predicted octanol–water partition coefficient (Wildman–Crippen LogP) is 2.20. The molecule has 1 heterocycles. The summed E-state index contributed by atoms with van der Waals surface area (Å²) < 4.78 is 5.41. The molecular weight excluding hydrogens is 405 g/mol. The number of hydrogen-bond donors (Lipinski definition) is 2. The van der Waals surface area contributed by atoms with Crippen LogP contribution in [0.2, 0.25) is 0 Å². The molecule has 5 nitrogen and oxygen atoms in total. The number of halogens is 1. The number of ether oxygens (including phenoxy) is 1. The molecule has 1 aromatic carbocycles. The van der Waals surface area contributed by atoms with Crippen LogP contribution in [0.4, 0.5) is 0 Å². The average molecular weight is 433 g/mol. The zero-order valence-electron chi connectivity index (χ0n) is 14.2. The summed E-state index contributed by atoms with van der Waals surface area (Å²) >= 11 is 0. The molecule has 1 atom stereocenters. The van der Waals surface area contributed by atoms with Crippen molar-refractivity contribution < 1.29 is 9.84 Å². The van der Waals surface area contributed by atoms with E-state index in [1.807, 2.05) is 6.07 Å². The Kier molecular flexibility index (Phi) is 8.68. The first kappa shape index (κ1) is 20.0. The lowest BCUT2D eigenvalue weighted by Gasteiger charge is -2.21. The van der Waals surface area contributed by atoms with Gasteiger partial charge in [0.25, 0.3) is 0 Å². The third kappa shape index (κ3) is 5.84. The second-order valence-corrected chi connectivity index (χ2v) is 5.69. The van der Waals surface area contributed by atoms with E-state index in [4.69, 9.17) is 9.73 Å². The normalized spacial score (nSPS) is 17.8. The van der Waals surface area contributed by atoms with Crippen molar-refractivity contribution >= 4 is 29.9 Å². The molecule has 0 spiro atoms. The molecule has 0 saturated carbocycles. The molecule has 1 aliphatic rings. The number of nitrogens with zero attached hydrogens (tertiary/aromatic N) is 2. The number of aryl methyl sites for hydroxylation is 1. The Hall–Kier alpha value is -1.02. The maximum Gasteiger partial charge on any atom is 0.194 e. The number of aliphatic imine (C=N–C) groups is 1. The van der Waals surface area contributed by atoms with Crippen LogP contribution in [-0.2, 0) is 6.42 Å². The Morgan fingerprint density at radius 3 is 2.87 bits per heavy atom. The zero-order valence-corrected chi connectivity index (χ0v) is 16.5. The quantitative estimate of drug-likeness (QED) is 0.425. The first-order chi connectivity index (χ1) is 10.6. The zero-order chi connectivity index (χ0) is 15.9. The van der Waals surface area contributed by atoms with Gasteiger partial charge in [-0.15, -0.1) is 24.0 Å². The minimum absolute atomic E-state index is 0. The lowest BCUT2D eigenvalue weighted by molar-refractivity contribution is 0.188. The molecule has 1 saturated heterocycles. The fourth-order valence-corrected chi connectivity index (χ4v) is 2.75. The van der Waals surface area contributed by atoms with Crippen LogP contribution >= 0.6 is 24.0 Å². The summed E-state index contributed by atoms with van der Waals surface area (Å²) in [5.41, 5.74) is 2.41. The number of aliphatic hydroxyl groups is 1. The van der Waals surface area contributed by atoms with Crippen molar-refractivity contribution in [1.29, 1.82) is 0 Å². The number of hydrogen-bond acceptors (Lipinski definition) is 3. The molecule has 2 N–H and O–H groups in total. The SMILES string of the molecule is CCNC(=NCCc1cc(C)ccc1OC)N1CC[C@@H](O)C1.I. The van der Waals surface area contributed by atoms with Crippen molar-refractivity contribution in [3.8, 4) is 5.75 Å². The van der Waals surface area contributed by atoms with Crippen molar-refractivity contribution in [1.82, 2.24) is 10.2 Å². The van der Waals surface area contributed by atoms with Gasteiger partial charge >= 0.3 is 0 Å². The smallest absolute Gasteiger partial charge is 0.194 e. The maximum atomic E-state index is 9.68. The number of aliphatic hydroxyl groups excluding tert-OH is 1. The fourth-order valence-electron chi connectivity index (χ4n) is 2.75. The summed E-state index contributed by atoms with van der Waals surface area (Å²) in [4.78, 5) is 6.82. The summed E-state index contributed by atoms with van der Waals surface area (Å²) in [6.45, 7) is 7.21. The minimum Gasteiger partial charge on any atom is -0.496 e. The Balaban J connectivity index is 0.00000264. The molecule has 130 valence electrons. The van der Waals surface area contributed by atoms with Crippen molar-refractivity contribution in [2.75, 3.05) is 33.3 Å². The van der Waals surface area contributed by atoms with E-state index in [1.54, 1.807) is 7.11 Å². The van der Waals surface area contributed by atoms with Crippen LogP contribution in [0.3, 0.4) is 0 Å². The van der Waals surface area contributed by atoms with E-state index in [9.17, 15) is 5.11 Å². The van der Waals surface area contributed by atoms with Gasteiger partial charge in [0.2, 0.25) is 0 Å². The largest absolute Gasteiger partial charge is 0.496 e. The van der Waals surface area contributed by atoms with Gasteiger partial charge in [-0.1, -0.05) is 17.7 Å². The van der Waals surface area contributed by atoms with Crippen molar-refractivity contribution in [2.45, 2.75) is 32.8 Å². The molecular formula is C17H28IN3O2. The standard InChI is InChI=1S/C17H27N3O2.HI/c1-4-18-17(20-10-8-15(21)12-20)19-9-7-14-11-13(2)5-6-16(14)22-3;/h5-6,11,15,21H,4,7-10,12H2,1-3H3,(H,18,19);1H/t15-;/m1./s1. The van der Waals surface area contributed by atoms with Gasteiger partial charge in [-0.3, -0.25) is 4.99 Å². The van der Waals surface area contributed by atoms with Gasteiger partial charge in [0.15, 0.2) is 5.96 Å². The summed E-state index contributed by atoms with van der Waals surface area (Å²) in [7, 11) is 1.70.